The van der Waals surface area contributed by atoms with Gasteiger partial charge in [0.1, 0.15) is 11.6 Å². The van der Waals surface area contributed by atoms with Crippen LogP contribution < -0.4 is 21.7 Å². The molecule has 166 valence electrons. The number of nitrogens with one attached hydrogen (secondary N) is 3. The van der Waals surface area contributed by atoms with Crippen LogP contribution in [0.1, 0.15) is 42.2 Å². The van der Waals surface area contributed by atoms with Crippen molar-refractivity contribution in [1.29, 1.82) is 0 Å². The van der Waals surface area contributed by atoms with Gasteiger partial charge < -0.3 is 26.8 Å². The second-order valence-electron chi connectivity index (χ2n) is 7.47. The number of aromatic nitrogens is 2. The van der Waals surface area contributed by atoms with Crippen molar-refractivity contribution >= 4 is 29.3 Å². The van der Waals surface area contributed by atoms with Gasteiger partial charge in [-0.1, -0.05) is 6.92 Å². The number of nitrogens with zero attached hydrogens (tertiary/aromatic N) is 2. The lowest BCUT2D eigenvalue weighted by molar-refractivity contribution is 0.1000. The molecule has 0 saturated heterocycles. The van der Waals surface area contributed by atoms with Crippen LogP contribution in [0.2, 0.25) is 0 Å². The normalized spacial score (nSPS) is 15.1. The number of hydrogen-bond donors (Lipinski definition) is 5. The van der Waals surface area contributed by atoms with E-state index >= 15 is 0 Å². The standard InChI is InChI=1S/C20H24F2N6O3/c1-3-15(26-20(30)31)16(10-4-5-10)27-19-14(22)7-12(17(23)29)18(28-19)25-11-6-13(21)9(2)24-8-11/h6-8,10,15-16,26H,3-5H2,1-2H3,(H2,23,29)(H,30,31)(H2,25,27,28)/t15-,16+/m0/s1. The largest absolute Gasteiger partial charge is 0.465 e. The van der Waals surface area contributed by atoms with Gasteiger partial charge in [0.05, 0.1) is 35.2 Å². The summed E-state index contributed by atoms with van der Waals surface area (Å²) in [5, 5.41) is 17.3. The first-order chi connectivity index (χ1) is 14.7. The molecular formula is C20H24F2N6O3. The van der Waals surface area contributed by atoms with E-state index in [1.54, 1.807) is 0 Å². The maximum Gasteiger partial charge on any atom is 0.404 e. The van der Waals surface area contributed by atoms with Gasteiger partial charge in [-0.3, -0.25) is 9.78 Å². The zero-order valence-corrected chi connectivity index (χ0v) is 17.1. The van der Waals surface area contributed by atoms with Gasteiger partial charge in [0.2, 0.25) is 0 Å². The van der Waals surface area contributed by atoms with Crippen LogP contribution in [0.4, 0.5) is 30.9 Å². The summed E-state index contributed by atoms with van der Waals surface area (Å²) in [4.78, 5) is 31.0. The molecule has 31 heavy (non-hydrogen) atoms. The Morgan fingerprint density at radius 1 is 1.26 bits per heavy atom. The molecule has 11 heteroatoms. The second-order valence-corrected chi connectivity index (χ2v) is 7.47. The highest BCUT2D eigenvalue weighted by molar-refractivity contribution is 5.98. The molecule has 1 saturated carbocycles. The van der Waals surface area contributed by atoms with Crippen LogP contribution in [-0.2, 0) is 0 Å². The Kier molecular flexibility index (Phi) is 6.52. The average molecular weight is 434 g/mol. The molecule has 3 rings (SSSR count). The van der Waals surface area contributed by atoms with E-state index in [1.165, 1.54) is 19.2 Å². The van der Waals surface area contributed by atoms with Gasteiger partial charge in [0.15, 0.2) is 11.6 Å². The van der Waals surface area contributed by atoms with E-state index in [9.17, 15) is 18.4 Å². The number of aryl methyl sites for hydroxylation is 1. The van der Waals surface area contributed by atoms with Gasteiger partial charge in [0, 0.05) is 6.07 Å². The Hall–Kier alpha value is -3.50. The summed E-state index contributed by atoms with van der Waals surface area (Å²) < 4.78 is 28.6. The van der Waals surface area contributed by atoms with Crippen molar-refractivity contribution in [2.75, 3.05) is 10.6 Å². The Labute approximate surface area is 177 Å². The lowest BCUT2D eigenvalue weighted by Gasteiger charge is -2.28. The summed E-state index contributed by atoms with van der Waals surface area (Å²) in [7, 11) is 0. The Bertz CT molecular complexity index is 999. The van der Waals surface area contributed by atoms with Crippen molar-refractivity contribution in [3.05, 3.63) is 41.2 Å². The first kappa shape index (κ1) is 22.2. The number of carbonyl (C=O) groups excluding carboxylic acids is 1. The fourth-order valence-corrected chi connectivity index (χ4v) is 3.35. The van der Waals surface area contributed by atoms with E-state index in [1.807, 2.05) is 6.92 Å². The monoisotopic (exact) mass is 434 g/mol. The van der Waals surface area contributed by atoms with Crippen LogP contribution in [-0.4, -0.2) is 39.2 Å². The molecule has 1 aliphatic carbocycles. The maximum atomic E-state index is 14.8. The molecule has 2 aromatic rings. The Balaban J connectivity index is 1.94. The average Bonchev–Trinajstić information content (AvgIpc) is 3.54. The highest BCUT2D eigenvalue weighted by Crippen LogP contribution is 2.37. The van der Waals surface area contributed by atoms with Crippen molar-refractivity contribution in [3.63, 3.8) is 0 Å². The second kappa shape index (κ2) is 9.11. The van der Waals surface area contributed by atoms with Crippen molar-refractivity contribution in [2.24, 2.45) is 11.7 Å². The first-order valence-electron chi connectivity index (χ1n) is 9.85. The molecule has 0 spiro atoms. The summed E-state index contributed by atoms with van der Waals surface area (Å²) in [6.07, 6.45) is 2.40. The number of nitrogens with two attached hydrogens (primary N) is 1. The van der Waals surface area contributed by atoms with Gasteiger partial charge >= 0.3 is 6.09 Å². The maximum absolute atomic E-state index is 14.8. The predicted molar refractivity (Wildman–Crippen MR) is 110 cm³/mol. The Morgan fingerprint density at radius 3 is 2.52 bits per heavy atom. The van der Waals surface area contributed by atoms with E-state index in [0.29, 0.717) is 6.42 Å². The van der Waals surface area contributed by atoms with Crippen LogP contribution in [0.15, 0.2) is 18.3 Å². The quantitative estimate of drug-likeness (QED) is 0.408. The van der Waals surface area contributed by atoms with Gasteiger partial charge in [0.25, 0.3) is 5.91 Å². The zero-order chi connectivity index (χ0) is 22.7. The number of amides is 2. The third kappa shape index (κ3) is 5.36. The number of primary amides is 1. The van der Waals surface area contributed by atoms with Crippen LogP contribution in [0.5, 0.6) is 0 Å². The van der Waals surface area contributed by atoms with E-state index in [0.717, 1.165) is 18.9 Å². The number of carbonyl (C=O) groups is 2. The molecule has 0 radical (unpaired) electrons. The van der Waals surface area contributed by atoms with Crippen LogP contribution in [0.3, 0.4) is 0 Å². The molecule has 0 bridgehead atoms. The molecule has 2 amide bonds. The topological polar surface area (TPSA) is 142 Å². The summed E-state index contributed by atoms with van der Waals surface area (Å²) in [6, 6.07) is 1.25. The number of hydrogen-bond acceptors (Lipinski definition) is 6. The molecule has 9 nitrogen and oxygen atoms in total. The summed E-state index contributed by atoms with van der Waals surface area (Å²) in [5.41, 5.74) is 5.53. The number of halogens is 2. The third-order valence-electron chi connectivity index (χ3n) is 5.14. The fraction of sp³-hybridized carbons (Fsp3) is 0.400. The predicted octanol–water partition coefficient (Wildman–Crippen LogP) is 3.14. The first-order valence-corrected chi connectivity index (χ1v) is 9.85. The van der Waals surface area contributed by atoms with Gasteiger partial charge in [-0.2, -0.15) is 0 Å². The van der Waals surface area contributed by atoms with Crippen molar-refractivity contribution in [1.82, 2.24) is 15.3 Å². The minimum Gasteiger partial charge on any atom is -0.465 e. The molecule has 1 fully saturated rings. The highest BCUT2D eigenvalue weighted by atomic mass is 19.1. The summed E-state index contributed by atoms with van der Waals surface area (Å²) in [6.45, 7) is 3.32. The van der Waals surface area contributed by atoms with Crippen LogP contribution in [0.25, 0.3) is 0 Å². The van der Waals surface area contributed by atoms with Gasteiger partial charge in [-0.15, -0.1) is 0 Å². The van der Waals surface area contributed by atoms with Gasteiger partial charge in [-0.25, -0.2) is 18.6 Å². The minimum atomic E-state index is -1.17. The van der Waals surface area contributed by atoms with Crippen molar-refractivity contribution < 1.29 is 23.5 Å². The SMILES string of the molecule is CC[C@H](NC(=O)O)[C@H](Nc1nc(Nc2cnc(C)c(F)c2)c(C(N)=O)cc1F)C1CC1. The number of carboxylic acid groups (broad SMARTS) is 1. The smallest absolute Gasteiger partial charge is 0.404 e. The number of pyridine rings is 2. The molecule has 2 atom stereocenters. The lowest BCUT2D eigenvalue weighted by atomic mass is 10.0. The van der Waals surface area contributed by atoms with E-state index in [2.05, 4.69) is 25.9 Å². The molecule has 0 aromatic carbocycles. The molecule has 1 aliphatic rings. The lowest BCUT2D eigenvalue weighted by Crippen LogP contribution is -2.47. The van der Waals surface area contributed by atoms with E-state index in [4.69, 9.17) is 10.8 Å². The number of rotatable bonds is 9. The molecule has 2 aromatic heterocycles. The zero-order valence-electron chi connectivity index (χ0n) is 17.1. The van der Waals surface area contributed by atoms with Crippen molar-refractivity contribution in [2.45, 2.75) is 45.2 Å². The molecule has 6 N–H and O–H groups in total. The number of anilines is 3. The van der Waals surface area contributed by atoms with Gasteiger partial charge in [-0.05, 0) is 38.2 Å². The van der Waals surface area contributed by atoms with E-state index in [-0.39, 0.29) is 34.5 Å². The van der Waals surface area contributed by atoms with Crippen LogP contribution >= 0.6 is 0 Å². The molecule has 0 unspecified atom stereocenters. The molecular weight excluding hydrogens is 410 g/mol. The molecule has 2 heterocycles. The minimum absolute atomic E-state index is 0.0738. The van der Waals surface area contributed by atoms with Crippen LogP contribution in [0, 0.1) is 24.5 Å². The molecule has 0 aliphatic heterocycles. The van der Waals surface area contributed by atoms with Crippen molar-refractivity contribution in [3.8, 4) is 0 Å². The fourth-order valence-electron chi connectivity index (χ4n) is 3.35. The highest BCUT2D eigenvalue weighted by Gasteiger charge is 2.37. The third-order valence-corrected chi connectivity index (χ3v) is 5.14. The Morgan fingerprint density at radius 2 is 1.97 bits per heavy atom. The van der Waals surface area contributed by atoms with E-state index < -0.39 is 35.7 Å². The summed E-state index contributed by atoms with van der Waals surface area (Å²) in [5.74, 6) is -2.39. The summed E-state index contributed by atoms with van der Waals surface area (Å²) >= 11 is 0.